The number of benzene rings is 2. The third-order valence-corrected chi connectivity index (χ3v) is 12.0. The predicted molar refractivity (Wildman–Crippen MR) is 127 cm³/mol. The minimum Gasteiger partial charge on any atom is -0.478 e. The first-order valence-electron chi connectivity index (χ1n) is 10.4. The van der Waals surface area contributed by atoms with Gasteiger partial charge in [-0.25, -0.2) is 4.79 Å². The van der Waals surface area contributed by atoms with E-state index in [0.29, 0.717) is 18.5 Å². The molecule has 0 unspecified atom stereocenters. The van der Waals surface area contributed by atoms with Crippen LogP contribution in [-0.2, 0) is 28.2 Å². The van der Waals surface area contributed by atoms with Gasteiger partial charge in [0.1, 0.15) is 0 Å². The second-order valence-electron chi connectivity index (χ2n) is 7.18. The number of aryl methyl sites for hydroxylation is 1. The van der Waals surface area contributed by atoms with Crippen LogP contribution in [0.15, 0.2) is 54.6 Å². The van der Waals surface area contributed by atoms with E-state index >= 15 is 0 Å². The molecule has 32 heavy (non-hydrogen) atoms. The highest BCUT2D eigenvalue weighted by Crippen LogP contribution is 2.27. The minimum atomic E-state index is -3.09. The van der Waals surface area contributed by atoms with Gasteiger partial charge < -0.3 is 32.2 Å². The molecule has 0 amide bonds. The van der Waals surface area contributed by atoms with Crippen molar-refractivity contribution in [2.24, 2.45) is 0 Å². The van der Waals surface area contributed by atoms with Crippen LogP contribution in [0.1, 0.15) is 22.3 Å². The zero-order valence-electron chi connectivity index (χ0n) is 19.1. The molecular formula is C22H33NO7Si2. The molecule has 2 aromatic carbocycles. The standard InChI is InChI=1S/C22H33NO7Si2/c1-26-31(27-2,17-8-16-23-21-9-6-5-7-10-21)30-32(28-3,29-4)18-15-19-11-13-20(14-12-19)22(24)25/h5-7,9-14,23H,8,15-18H2,1-4H3,(H,24,25). The Balaban J connectivity index is 2.00. The van der Waals surface area contributed by atoms with Crippen molar-refractivity contribution in [3.05, 3.63) is 65.7 Å². The number of carboxylic acids is 1. The van der Waals surface area contributed by atoms with Gasteiger partial charge in [-0.15, -0.1) is 0 Å². The molecule has 176 valence electrons. The lowest BCUT2D eigenvalue weighted by Gasteiger charge is -2.35. The molecule has 0 aliphatic rings. The van der Waals surface area contributed by atoms with Gasteiger partial charge in [-0.2, -0.15) is 0 Å². The Kier molecular flexibility index (Phi) is 10.5. The maximum absolute atomic E-state index is 11.1. The molecule has 8 nitrogen and oxygen atoms in total. The van der Waals surface area contributed by atoms with E-state index < -0.39 is 23.6 Å². The molecule has 0 radical (unpaired) electrons. The minimum absolute atomic E-state index is 0.251. The Morgan fingerprint density at radius 3 is 1.94 bits per heavy atom. The van der Waals surface area contributed by atoms with Gasteiger partial charge in [0.05, 0.1) is 5.56 Å². The van der Waals surface area contributed by atoms with E-state index in [1.165, 1.54) is 0 Å². The molecule has 10 heteroatoms. The van der Waals surface area contributed by atoms with Crippen LogP contribution in [0.3, 0.4) is 0 Å². The first-order chi connectivity index (χ1) is 15.4. The highest BCUT2D eigenvalue weighted by Gasteiger charge is 2.51. The molecule has 2 rings (SSSR count). The summed E-state index contributed by atoms with van der Waals surface area (Å²) in [7, 11) is 0.218. The van der Waals surface area contributed by atoms with Crippen molar-refractivity contribution in [3.8, 4) is 0 Å². The van der Waals surface area contributed by atoms with E-state index in [-0.39, 0.29) is 5.56 Å². The molecule has 0 heterocycles. The zero-order valence-corrected chi connectivity index (χ0v) is 21.1. The van der Waals surface area contributed by atoms with Crippen LogP contribution in [0.5, 0.6) is 0 Å². The molecule has 0 aliphatic heterocycles. The van der Waals surface area contributed by atoms with Crippen LogP contribution in [0.4, 0.5) is 5.69 Å². The van der Waals surface area contributed by atoms with Crippen LogP contribution >= 0.6 is 0 Å². The molecule has 0 saturated carbocycles. The average molecular weight is 480 g/mol. The Labute approximate surface area is 192 Å². The lowest BCUT2D eigenvalue weighted by molar-refractivity contribution is 0.0696. The fourth-order valence-corrected chi connectivity index (χ4v) is 9.69. The van der Waals surface area contributed by atoms with Crippen LogP contribution in [0.25, 0.3) is 0 Å². The summed E-state index contributed by atoms with van der Waals surface area (Å²) in [5.74, 6) is -0.949. The normalized spacial score (nSPS) is 12.0. The largest absolute Gasteiger partial charge is 0.493 e. The van der Waals surface area contributed by atoms with Crippen molar-refractivity contribution in [2.45, 2.75) is 24.9 Å². The topological polar surface area (TPSA) is 95.5 Å². The molecule has 0 fully saturated rings. The van der Waals surface area contributed by atoms with Crippen molar-refractivity contribution in [2.75, 3.05) is 40.3 Å². The molecule has 2 aromatic rings. The first-order valence-corrected chi connectivity index (χ1v) is 14.3. The monoisotopic (exact) mass is 479 g/mol. The number of nitrogens with one attached hydrogen (secondary N) is 1. The summed E-state index contributed by atoms with van der Waals surface area (Å²) in [6.07, 6.45) is 1.40. The number of aromatic carboxylic acids is 1. The van der Waals surface area contributed by atoms with E-state index in [4.69, 9.17) is 26.9 Å². The van der Waals surface area contributed by atoms with E-state index in [0.717, 1.165) is 24.2 Å². The lowest BCUT2D eigenvalue weighted by atomic mass is 10.1. The van der Waals surface area contributed by atoms with Crippen LogP contribution in [0, 0.1) is 0 Å². The van der Waals surface area contributed by atoms with Gasteiger partial charge in [0.15, 0.2) is 0 Å². The molecule has 0 aliphatic carbocycles. The molecule has 2 N–H and O–H groups in total. The second kappa shape index (κ2) is 12.8. The number of rotatable bonds is 15. The van der Waals surface area contributed by atoms with Gasteiger partial charge in [-0.3, -0.25) is 0 Å². The Morgan fingerprint density at radius 1 is 0.844 bits per heavy atom. The van der Waals surface area contributed by atoms with E-state index in [2.05, 4.69) is 5.32 Å². The van der Waals surface area contributed by atoms with Crippen molar-refractivity contribution in [1.82, 2.24) is 0 Å². The zero-order chi connectivity index (χ0) is 23.5. The third-order valence-electron chi connectivity index (χ3n) is 5.24. The summed E-state index contributed by atoms with van der Waals surface area (Å²) in [4.78, 5) is 11.1. The first kappa shape index (κ1) is 26.2. The summed E-state index contributed by atoms with van der Waals surface area (Å²) < 4.78 is 29.5. The van der Waals surface area contributed by atoms with E-state index in [1.807, 2.05) is 30.3 Å². The third kappa shape index (κ3) is 7.52. The number of hydrogen-bond donors (Lipinski definition) is 2. The number of carbonyl (C=O) groups is 1. The Hall–Kier alpha value is -2.06. The van der Waals surface area contributed by atoms with Crippen LogP contribution in [0.2, 0.25) is 12.1 Å². The van der Waals surface area contributed by atoms with Gasteiger partial charge >= 0.3 is 23.6 Å². The van der Waals surface area contributed by atoms with E-state index in [9.17, 15) is 4.79 Å². The Morgan fingerprint density at radius 2 is 1.41 bits per heavy atom. The number of hydrogen-bond acceptors (Lipinski definition) is 7. The summed E-state index contributed by atoms with van der Waals surface area (Å²) in [5.41, 5.74) is 2.28. The maximum Gasteiger partial charge on any atom is 0.493 e. The summed E-state index contributed by atoms with van der Waals surface area (Å²) in [6, 6.07) is 17.9. The van der Waals surface area contributed by atoms with E-state index in [1.54, 1.807) is 52.7 Å². The van der Waals surface area contributed by atoms with Crippen LogP contribution in [-0.4, -0.2) is 63.7 Å². The lowest BCUT2D eigenvalue weighted by Crippen LogP contribution is -2.57. The number of carboxylic acid groups (broad SMARTS) is 1. The van der Waals surface area contributed by atoms with Crippen molar-refractivity contribution in [1.29, 1.82) is 0 Å². The molecule has 0 atom stereocenters. The highest BCUT2D eigenvalue weighted by molar-refractivity contribution is 6.75. The Bertz CT molecular complexity index is 813. The van der Waals surface area contributed by atoms with Gasteiger partial charge in [0.25, 0.3) is 0 Å². The molecule has 0 bridgehead atoms. The van der Waals surface area contributed by atoms with Gasteiger partial charge in [0, 0.05) is 52.8 Å². The fraction of sp³-hybridized carbons (Fsp3) is 0.409. The average Bonchev–Trinajstić information content (AvgIpc) is 2.84. The molecule has 0 aromatic heterocycles. The molecular weight excluding hydrogens is 446 g/mol. The number of para-hydroxylation sites is 1. The molecule has 0 saturated heterocycles. The summed E-state index contributed by atoms with van der Waals surface area (Å²) >= 11 is 0. The quantitative estimate of drug-likeness (QED) is 0.293. The predicted octanol–water partition coefficient (Wildman–Crippen LogP) is 3.91. The van der Waals surface area contributed by atoms with Crippen molar-refractivity contribution < 1.29 is 31.7 Å². The second-order valence-corrected chi connectivity index (χ2v) is 13.4. The summed E-state index contributed by atoms with van der Waals surface area (Å²) in [6.45, 7) is 0.749. The number of anilines is 1. The SMILES string of the molecule is CO[Si](CCCNc1ccccc1)(OC)O[Si](CCc1ccc(C(=O)O)cc1)(OC)OC. The van der Waals surface area contributed by atoms with Crippen molar-refractivity contribution in [3.63, 3.8) is 0 Å². The van der Waals surface area contributed by atoms with Crippen LogP contribution < -0.4 is 5.32 Å². The van der Waals surface area contributed by atoms with Gasteiger partial charge in [0.2, 0.25) is 0 Å². The maximum atomic E-state index is 11.1. The van der Waals surface area contributed by atoms with Crippen molar-refractivity contribution >= 4 is 29.3 Å². The fourth-order valence-electron chi connectivity index (χ4n) is 3.29. The molecule has 0 spiro atoms. The highest BCUT2D eigenvalue weighted by atomic mass is 28.5. The van der Waals surface area contributed by atoms with Gasteiger partial charge in [-0.05, 0) is 42.7 Å². The smallest absolute Gasteiger partial charge is 0.478 e. The van der Waals surface area contributed by atoms with Gasteiger partial charge in [-0.1, -0.05) is 30.3 Å². The summed E-state index contributed by atoms with van der Waals surface area (Å²) in [5, 5.41) is 12.4.